The van der Waals surface area contributed by atoms with Gasteiger partial charge in [-0.25, -0.2) is 9.97 Å². The largest absolute Gasteiger partial charge is 0.345 e. The van der Waals surface area contributed by atoms with E-state index in [9.17, 15) is 9.59 Å². The number of amides is 2. The summed E-state index contributed by atoms with van der Waals surface area (Å²) in [5.74, 6) is 0.0153. The molecule has 0 fully saturated rings. The third-order valence-corrected chi connectivity index (χ3v) is 4.93. The van der Waals surface area contributed by atoms with E-state index < -0.39 is 0 Å². The number of carbonyl (C=O) groups excluding carboxylic acids is 2. The van der Waals surface area contributed by atoms with Gasteiger partial charge < -0.3 is 10.2 Å². The van der Waals surface area contributed by atoms with Gasteiger partial charge in [-0.05, 0) is 43.3 Å². The number of benzene rings is 2. The summed E-state index contributed by atoms with van der Waals surface area (Å²) in [7, 11) is 3.40. The van der Waals surface area contributed by atoms with Crippen molar-refractivity contribution in [2.75, 3.05) is 25.2 Å². The van der Waals surface area contributed by atoms with Crippen LogP contribution < -0.4 is 5.32 Å². The minimum atomic E-state index is -0.138. The standard InChI is InChI=1S/C20H20N4O2S/c1-13-19(23-17-7-5-4-6-16(17)21-13)27-12-18(25)22-15-10-8-14(9-11-15)20(26)24(2)3/h4-11H,12H2,1-3H3,(H,22,25). The maximum atomic E-state index is 12.2. The summed E-state index contributed by atoms with van der Waals surface area (Å²) < 4.78 is 0. The van der Waals surface area contributed by atoms with Crippen LogP contribution in [0.25, 0.3) is 11.0 Å². The highest BCUT2D eigenvalue weighted by Gasteiger charge is 2.11. The Bertz CT molecular complexity index is 987. The van der Waals surface area contributed by atoms with Crippen molar-refractivity contribution in [1.82, 2.24) is 14.9 Å². The molecule has 3 rings (SSSR count). The van der Waals surface area contributed by atoms with Gasteiger partial charge in [-0.2, -0.15) is 0 Å². The van der Waals surface area contributed by atoms with Crippen molar-refractivity contribution in [1.29, 1.82) is 0 Å². The number of fused-ring (bicyclic) bond motifs is 1. The van der Waals surface area contributed by atoms with E-state index in [4.69, 9.17) is 0 Å². The molecule has 1 aromatic heterocycles. The van der Waals surface area contributed by atoms with Gasteiger partial charge in [0.25, 0.3) is 5.91 Å². The van der Waals surface area contributed by atoms with Crippen LogP contribution in [0.5, 0.6) is 0 Å². The molecule has 0 atom stereocenters. The zero-order valence-corrected chi connectivity index (χ0v) is 16.2. The normalized spacial score (nSPS) is 10.6. The quantitative estimate of drug-likeness (QED) is 0.687. The molecular formula is C20H20N4O2S. The summed E-state index contributed by atoms with van der Waals surface area (Å²) in [5.41, 5.74) is 3.69. The Hall–Kier alpha value is -2.93. The van der Waals surface area contributed by atoms with Crippen LogP contribution in [-0.4, -0.2) is 46.5 Å². The first-order valence-corrected chi connectivity index (χ1v) is 9.40. The Morgan fingerprint density at radius 1 is 1.00 bits per heavy atom. The van der Waals surface area contributed by atoms with Gasteiger partial charge in [0, 0.05) is 25.3 Å². The molecule has 138 valence electrons. The van der Waals surface area contributed by atoms with Gasteiger partial charge in [0.2, 0.25) is 5.91 Å². The van der Waals surface area contributed by atoms with Crippen molar-refractivity contribution in [3.05, 3.63) is 59.8 Å². The summed E-state index contributed by atoms with van der Waals surface area (Å²) in [5, 5.41) is 3.58. The maximum Gasteiger partial charge on any atom is 0.253 e. The number of nitrogens with zero attached hydrogens (tertiary/aromatic N) is 3. The second kappa shape index (κ2) is 8.18. The number of aryl methyl sites for hydroxylation is 1. The summed E-state index contributed by atoms with van der Waals surface area (Å²) in [6.07, 6.45) is 0. The molecule has 0 aliphatic rings. The van der Waals surface area contributed by atoms with Crippen LogP contribution in [0.1, 0.15) is 16.1 Å². The fraction of sp³-hybridized carbons (Fsp3) is 0.200. The molecule has 0 saturated carbocycles. The second-order valence-corrected chi connectivity index (χ2v) is 7.18. The number of nitrogens with one attached hydrogen (secondary N) is 1. The smallest absolute Gasteiger partial charge is 0.253 e. The number of rotatable bonds is 5. The summed E-state index contributed by atoms with van der Waals surface area (Å²) >= 11 is 1.35. The highest BCUT2D eigenvalue weighted by Crippen LogP contribution is 2.22. The predicted octanol–water partition coefficient (Wildman–Crippen LogP) is 3.37. The zero-order valence-electron chi connectivity index (χ0n) is 15.4. The Morgan fingerprint density at radius 3 is 2.26 bits per heavy atom. The number of thioether (sulfide) groups is 1. The van der Waals surface area contributed by atoms with E-state index in [2.05, 4.69) is 15.3 Å². The van der Waals surface area contributed by atoms with Gasteiger partial charge in [-0.3, -0.25) is 9.59 Å². The Morgan fingerprint density at radius 2 is 1.63 bits per heavy atom. The van der Waals surface area contributed by atoms with E-state index in [1.807, 2.05) is 31.2 Å². The van der Waals surface area contributed by atoms with E-state index in [0.717, 1.165) is 21.8 Å². The molecule has 0 aliphatic carbocycles. The Kier molecular flexibility index (Phi) is 5.71. The number of aromatic nitrogens is 2. The summed E-state index contributed by atoms with van der Waals surface area (Å²) in [4.78, 5) is 34.7. The van der Waals surface area contributed by atoms with E-state index in [-0.39, 0.29) is 17.6 Å². The second-order valence-electron chi connectivity index (χ2n) is 6.22. The third-order valence-electron chi connectivity index (χ3n) is 3.86. The van der Waals surface area contributed by atoms with Crippen LogP contribution in [0.4, 0.5) is 5.69 Å². The van der Waals surface area contributed by atoms with Crippen molar-refractivity contribution >= 4 is 40.3 Å². The Balaban J connectivity index is 1.61. The fourth-order valence-electron chi connectivity index (χ4n) is 2.49. The molecule has 0 bridgehead atoms. The number of para-hydroxylation sites is 2. The molecule has 1 N–H and O–H groups in total. The van der Waals surface area contributed by atoms with Crippen molar-refractivity contribution in [3.8, 4) is 0 Å². The average molecular weight is 380 g/mol. The van der Waals surface area contributed by atoms with Crippen molar-refractivity contribution in [2.24, 2.45) is 0 Å². The molecule has 0 radical (unpaired) electrons. The van der Waals surface area contributed by atoms with Gasteiger partial charge in [-0.1, -0.05) is 23.9 Å². The van der Waals surface area contributed by atoms with E-state index in [1.165, 1.54) is 16.7 Å². The van der Waals surface area contributed by atoms with Crippen molar-refractivity contribution in [3.63, 3.8) is 0 Å². The van der Waals surface area contributed by atoms with Crippen molar-refractivity contribution < 1.29 is 9.59 Å². The fourth-order valence-corrected chi connectivity index (χ4v) is 3.25. The van der Waals surface area contributed by atoms with Crippen molar-refractivity contribution in [2.45, 2.75) is 11.9 Å². The molecule has 0 unspecified atom stereocenters. The average Bonchev–Trinajstić information content (AvgIpc) is 2.66. The first kappa shape index (κ1) is 18.8. The third kappa shape index (κ3) is 4.62. The van der Waals surface area contributed by atoms with E-state index in [1.54, 1.807) is 38.4 Å². The molecule has 0 saturated heterocycles. The molecule has 3 aromatic rings. The molecule has 2 aromatic carbocycles. The predicted molar refractivity (Wildman–Crippen MR) is 108 cm³/mol. The van der Waals surface area contributed by atoms with Gasteiger partial charge in [-0.15, -0.1) is 0 Å². The lowest BCUT2D eigenvalue weighted by Crippen LogP contribution is -2.21. The lowest BCUT2D eigenvalue weighted by atomic mass is 10.2. The van der Waals surface area contributed by atoms with Crippen LogP contribution in [0.3, 0.4) is 0 Å². The molecular weight excluding hydrogens is 360 g/mol. The van der Waals surface area contributed by atoms with E-state index in [0.29, 0.717) is 11.3 Å². The topological polar surface area (TPSA) is 75.2 Å². The SMILES string of the molecule is Cc1nc2ccccc2nc1SCC(=O)Nc1ccc(C(=O)N(C)C)cc1. The number of carbonyl (C=O) groups is 2. The maximum absolute atomic E-state index is 12.2. The molecule has 27 heavy (non-hydrogen) atoms. The summed E-state index contributed by atoms with van der Waals surface area (Å²) in [6, 6.07) is 14.5. The summed E-state index contributed by atoms with van der Waals surface area (Å²) in [6.45, 7) is 1.89. The molecule has 1 heterocycles. The first-order chi connectivity index (χ1) is 12.9. The number of hydrogen-bond donors (Lipinski definition) is 1. The van der Waals surface area contributed by atoms with Crippen LogP contribution in [0.15, 0.2) is 53.6 Å². The van der Waals surface area contributed by atoms with Gasteiger partial charge >= 0.3 is 0 Å². The highest BCUT2D eigenvalue weighted by molar-refractivity contribution is 8.00. The number of anilines is 1. The monoisotopic (exact) mass is 380 g/mol. The highest BCUT2D eigenvalue weighted by atomic mass is 32.2. The van der Waals surface area contributed by atoms with Crippen LogP contribution >= 0.6 is 11.8 Å². The zero-order chi connectivity index (χ0) is 19.4. The molecule has 6 nitrogen and oxygen atoms in total. The Labute approximate surface area is 162 Å². The number of hydrogen-bond acceptors (Lipinski definition) is 5. The molecule has 0 spiro atoms. The lowest BCUT2D eigenvalue weighted by Gasteiger charge is -2.11. The molecule has 0 aliphatic heterocycles. The molecule has 7 heteroatoms. The van der Waals surface area contributed by atoms with Crippen LogP contribution in [0.2, 0.25) is 0 Å². The van der Waals surface area contributed by atoms with Crippen LogP contribution in [0, 0.1) is 6.92 Å². The van der Waals surface area contributed by atoms with Gasteiger partial charge in [0.15, 0.2) is 0 Å². The van der Waals surface area contributed by atoms with Gasteiger partial charge in [0.1, 0.15) is 5.03 Å². The van der Waals surface area contributed by atoms with Gasteiger partial charge in [0.05, 0.1) is 22.5 Å². The molecule has 2 amide bonds. The lowest BCUT2D eigenvalue weighted by molar-refractivity contribution is -0.113. The minimum absolute atomic E-state index is 0.0752. The first-order valence-electron chi connectivity index (χ1n) is 8.42. The minimum Gasteiger partial charge on any atom is -0.345 e. The van der Waals surface area contributed by atoms with Crippen LogP contribution in [-0.2, 0) is 4.79 Å². The van der Waals surface area contributed by atoms with E-state index >= 15 is 0 Å².